The summed E-state index contributed by atoms with van der Waals surface area (Å²) in [7, 11) is 0. The van der Waals surface area contributed by atoms with Crippen LogP contribution in [0.5, 0.6) is 0 Å². The number of benzene rings is 1. The molecule has 0 heterocycles. The van der Waals surface area contributed by atoms with Crippen molar-refractivity contribution in [3.63, 3.8) is 0 Å². The maximum atomic E-state index is 3.87. The Morgan fingerprint density at radius 1 is 0.846 bits per heavy atom. The van der Waals surface area contributed by atoms with E-state index in [4.69, 9.17) is 0 Å². The van der Waals surface area contributed by atoms with Gasteiger partial charge in [-0.3, -0.25) is 4.90 Å². The van der Waals surface area contributed by atoms with E-state index in [1.807, 2.05) is 6.08 Å². The van der Waals surface area contributed by atoms with Crippen LogP contribution in [0.3, 0.4) is 0 Å². The molecule has 1 aromatic carbocycles. The molecule has 0 N–H and O–H groups in total. The highest BCUT2D eigenvalue weighted by molar-refractivity contribution is 5.47. The van der Waals surface area contributed by atoms with E-state index < -0.39 is 0 Å². The van der Waals surface area contributed by atoms with E-state index in [2.05, 4.69) is 63.4 Å². The zero-order valence-electron chi connectivity index (χ0n) is 18.0. The van der Waals surface area contributed by atoms with Gasteiger partial charge in [0.15, 0.2) is 0 Å². The SMILES string of the molecule is C=Cc1ccc(CN(CC(CC)CCCC)CC(CC)CCCC)cc1. The monoisotopic (exact) mass is 357 g/mol. The van der Waals surface area contributed by atoms with E-state index >= 15 is 0 Å². The summed E-state index contributed by atoms with van der Waals surface area (Å²) in [5.74, 6) is 1.68. The van der Waals surface area contributed by atoms with Gasteiger partial charge in [0.05, 0.1) is 0 Å². The molecule has 1 rings (SSSR count). The van der Waals surface area contributed by atoms with Gasteiger partial charge in [0, 0.05) is 19.6 Å². The average molecular weight is 358 g/mol. The van der Waals surface area contributed by atoms with Gasteiger partial charge in [-0.05, 0) is 35.8 Å². The quantitative estimate of drug-likeness (QED) is 0.313. The van der Waals surface area contributed by atoms with E-state index in [0.29, 0.717) is 0 Å². The third kappa shape index (κ3) is 9.03. The average Bonchev–Trinajstić information content (AvgIpc) is 2.68. The highest BCUT2D eigenvalue weighted by atomic mass is 15.1. The fraction of sp³-hybridized carbons (Fsp3) is 0.680. The topological polar surface area (TPSA) is 3.24 Å². The lowest BCUT2D eigenvalue weighted by Crippen LogP contribution is -2.33. The van der Waals surface area contributed by atoms with E-state index in [-0.39, 0.29) is 0 Å². The third-order valence-electron chi connectivity index (χ3n) is 5.74. The van der Waals surface area contributed by atoms with Gasteiger partial charge in [-0.1, -0.05) is 103 Å². The molecule has 0 aromatic heterocycles. The minimum atomic E-state index is 0.839. The molecular formula is C25H43N. The highest BCUT2D eigenvalue weighted by Gasteiger charge is 2.17. The van der Waals surface area contributed by atoms with Crippen LogP contribution in [0.1, 0.15) is 90.2 Å². The lowest BCUT2D eigenvalue weighted by atomic mass is 9.95. The fourth-order valence-electron chi connectivity index (χ4n) is 3.79. The molecule has 0 radical (unpaired) electrons. The van der Waals surface area contributed by atoms with Crippen molar-refractivity contribution < 1.29 is 0 Å². The number of rotatable bonds is 15. The number of nitrogens with zero attached hydrogens (tertiary/aromatic N) is 1. The summed E-state index contributed by atoms with van der Waals surface area (Å²) in [6, 6.07) is 8.96. The molecule has 0 saturated carbocycles. The zero-order valence-corrected chi connectivity index (χ0v) is 18.0. The number of unbranched alkanes of at least 4 members (excludes halogenated alkanes) is 2. The summed E-state index contributed by atoms with van der Waals surface area (Å²) in [6.07, 6.45) is 12.7. The van der Waals surface area contributed by atoms with E-state index in [1.54, 1.807) is 0 Å². The summed E-state index contributed by atoms with van der Waals surface area (Å²) in [5, 5.41) is 0. The van der Waals surface area contributed by atoms with Crippen molar-refractivity contribution in [1.82, 2.24) is 4.90 Å². The molecular weight excluding hydrogens is 314 g/mol. The van der Waals surface area contributed by atoms with Crippen molar-refractivity contribution in [3.8, 4) is 0 Å². The molecule has 0 saturated heterocycles. The molecule has 0 aliphatic rings. The Morgan fingerprint density at radius 3 is 1.73 bits per heavy atom. The molecule has 1 heteroatoms. The molecule has 148 valence electrons. The van der Waals surface area contributed by atoms with Gasteiger partial charge in [-0.2, -0.15) is 0 Å². The summed E-state index contributed by atoms with van der Waals surface area (Å²) in [4.78, 5) is 2.75. The minimum absolute atomic E-state index is 0.839. The summed E-state index contributed by atoms with van der Waals surface area (Å²) in [5.41, 5.74) is 2.65. The normalized spacial score (nSPS) is 13.7. The molecule has 0 amide bonds. The van der Waals surface area contributed by atoms with E-state index in [9.17, 15) is 0 Å². The summed E-state index contributed by atoms with van der Waals surface area (Å²) >= 11 is 0. The van der Waals surface area contributed by atoms with Gasteiger partial charge in [0.25, 0.3) is 0 Å². The molecule has 2 atom stereocenters. The molecule has 26 heavy (non-hydrogen) atoms. The fourth-order valence-corrected chi connectivity index (χ4v) is 3.79. The van der Waals surface area contributed by atoms with Crippen LogP contribution < -0.4 is 0 Å². The Balaban J connectivity index is 2.78. The van der Waals surface area contributed by atoms with E-state index in [1.165, 1.54) is 75.6 Å². The maximum absolute atomic E-state index is 3.87. The van der Waals surface area contributed by atoms with Gasteiger partial charge in [0.1, 0.15) is 0 Å². The van der Waals surface area contributed by atoms with Crippen LogP contribution in [0.4, 0.5) is 0 Å². The zero-order chi connectivity index (χ0) is 19.2. The highest BCUT2D eigenvalue weighted by Crippen LogP contribution is 2.21. The largest absolute Gasteiger partial charge is 0.299 e. The Labute approximate surface area is 163 Å². The van der Waals surface area contributed by atoms with Gasteiger partial charge >= 0.3 is 0 Å². The first-order valence-corrected chi connectivity index (χ1v) is 11.1. The molecule has 0 aliphatic carbocycles. The predicted octanol–water partition coefficient (Wildman–Crippen LogP) is 7.56. The molecule has 0 aliphatic heterocycles. The second kappa shape index (κ2) is 14.0. The molecule has 1 aromatic rings. The summed E-state index contributed by atoms with van der Waals surface area (Å²) in [6.45, 7) is 16.8. The van der Waals surface area contributed by atoms with Crippen LogP contribution >= 0.6 is 0 Å². The predicted molar refractivity (Wildman–Crippen MR) is 118 cm³/mol. The second-order valence-corrected chi connectivity index (χ2v) is 7.97. The first-order valence-electron chi connectivity index (χ1n) is 11.1. The van der Waals surface area contributed by atoms with Crippen molar-refractivity contribution >= 4 is 6.08 Å². The second-order valence-electron chi connectivity index (χ2n) is 7.97. The van der Waals surface area contributed by atoms with Gasteiger partial charge in [-0.25, -0.2) is 0 Å². The molecule has 1 nitrogen and oxygen atoms in total. The van der Waals surface area contributed by atoms with Crippen LogP contribution in [0.2, 0.25) is 0 Å². The maximum Gasteiger partial charge on any atom is 0.0233 e. The van der Waals surface area contributed by atoms with Crippen molar-refractivity contribution in [1.29, 1.82) is 0 Å². The third-order valence-corrected chi connectivity index (χ3v) is 5.74. The van der Waals surface area contributed by atoms with Crippen LogP contribution in [-0.4, -0.2) is 18.0 Å². The lowest BCUT2D eigenvalue weighted by Gasteiger charge is -2.30. The Bertz CT molecular complexity index is 444. The van der Waals surface area contributed by atoms with Gasteiger partial charge in [-0.15, -0.1) is 0 Å². The molecule has 0 bridgehead atoms. The number of hydrogen-bond donors (Lipinski definition) is 0. The van der Waals surface area contributed by atoms with Gasteiger partial charge < -0.3 is 0 Å². The van der Waals surface area contributed by atoms with Crippen LogP contribution in [0.25, 0.3) is 6.08 Å². The van der Waals surface area contributed by atoms with Crippen molar-refractivity contribution in [2.75, 3.05) is 13.1 Å². The summed E-state index contributed by atoms with van der Waals surface area (Å²) < 4.78 is 0. The van der Waals surface area contributed by atoms with E-state index in [0.717, 1.165) is 18.4 Å². The van der Waals surface area contributed by atoms with Crippen molar-refractivity contribution in [3.05, 3.63) is 42.0 Å². The lowest BCUT2D eigenvalue weighted by molar-refractivity contribution is 0.174. The van der Waals surface area contributed by atoms with Crippen LogP contribution in [0.15, 0.2) is 30.8 Å². The molecule has 0 spiro atoms. The first-order chi connectivity index (χ1) is 12.7. The Morgan fingerprint density at radius 2 is 1.35 bits per heavy atom. The molecule has 0 fully saturated rings. The first kappa shape index (κ1) is 23.0. The van der Waals surface area contributed by atoms with Gasteiger partial charge in [0.2, 0.25) is 0 Å². The standard InChI is InChI=1S/C25H43N/c1-6-11-13-23(9-4)19-26(20-24(10-5)14-12-7-2)21-25-17-15-22(8-3)16-18-25/h8,15-18,23-24H,3,6-7,9-14,19-21H2,1-2,4-5H3. The minimum Gasteiger partial charge on any atom is -0.299 e. The van der Waals surface area contributed by atoms with Crippen molar-refractivity contribution in [2.45, 2.75) is 85.6 Å². The van der Waals surface area contributed by atoms with Crippen LogP contribution in [-0.2, 0) is 6.54 Å². The van der Waals surface area contributed by atoms with Crippen molar-refractivity contribution in [2.24, 2.45) is 11.8 Å². The number of hydrogen-bond acceptors (Lipinski definition) is 1. The Kier molecular flexibility index (Phi) is 12.4. The van der Waals surface area contributed by atoms with Crippen LogP contribution in [0, 0.1) is 11.8 Å². The Hall–Kier alpha value is -1.08. The smallest absolute Gasteiger partial charge is 0.0233 e. The molecule has 2 unspecified atom stereocenters.